The van der Waals surface area contributed by atoms with Crippen LogP contribution in [0.5, 0.6) is 0 Å². The van der Waals surface area contributed by atoms with Gasteiger partial charge in [-0.15, -0.1) is 0 Å². The second-order valence-electron chi connectivity index (χ2n) is 6.02. The van der Waals surface area contributed by atoms with Gasteiger partial charge in [0.15, 0.2) is 12.4 Å². The molecule has 0 N–H and O–H groups in total. The van der Waals surface area contributed by atoms with Crippen LogP contribution in [0, 0.1) is 0 Å². The van der Waals surface area contributed by atoms with E-state index < -0.39 is 12.4 Å². The zero-order valence-corrected chi connectivity index (χ0v) is 13.9. The molecular formula is C20H22O4. The smallest absolute Gasteiger partial charge is 0.303 e. The molecule has 126 valence electrons. The van der Waals surface area contributed by atoms with Gasteiger partial charge in [0.25, 0.3) is 0 Å². The highest BCUT2D eigenvalue weighted by atomic mass is 16.7. The van der Waals surface area contributed by atoms with Crippen LogP contribution in [0.2, 0.25) is 0 Å². The van der Waals surface area contributed by atoms with Gasteiger partial charge in [-0.3, -0.25) is 4.79 Å². The first-order chi connectivity index (χ1) is 11.6. The van der Waals surface area contributed by atoms with E-state index in [4.69, 9.17) is 14.2 Å². The molecule has 0 saturated carbocycles. The van der Waals surface area contributed by atoms with Crippen LogP contribution in [0.15, 0.2) is 60.7 Å². The Kier molecular flexibility index (Phi) is 5.28. The van der Waals surface area contributed by atoms with Crippen molar-refractivity contribution in [1.82, 2.24) is 0 Å². The fourth-order valence-electron chi connectivity index (χ4n) is 3.03. The Morgan fingerprint density at radius 3 is 2.33 bits per heavy atom. The van der Waals surface area contributed by atoms with Gasteiger partial charge < -0.3 is 14.2 Å². The van der Waals surface area contributed by atoms with Gasteiger partial charge in [-0.05, 0) is 5.56 Å². The summed E-state index contributed by atoms with van der Waals surface area (Å²) in [5.41, 5.74) is 2.11. The summed E-state index contributed by atoms with van der Waals surface area (Å²) in [4.78, 5) is 11.4. The minimum atomic E-state index is -0.450. The van der Waals surface area contributed by atoms with Crippen LogP contribution in [0.4, 0.5) is 0 Å². The second-order valence-corrected chi connectivity index (χ2v) is 6.02. The average Bonchev–Trinajstić information content (AvgIpc) is 2.62. The first kappa shape index (κ1) is 16.7. The Labute approximate surface area is 142 Å². The Hall–Kier alpha value is -2.17. The Morgan fingerprint density at radius 1 is 1.08 bits per heavy atom. The van der Waals surface area contributed by atoms with E-state index in [0.29, 0.717) is 6.61 Å². The van der Waals surface area contributed by atoms with Crippen molar-refractivity contribution >= 4 is 5.97 Å². The molecule has 1 saturated heterocycles. The SMILES string of the molecule is CC(=O)OC1COC(c2ccccc2)OC1C(C)c1ccccc1. The molecule has 4 nitrogen and oxygen atoms in total. The summed E-state index contributed by atoms with van der Waals surface area (Å²) in [6.45, 7) is 3.82. The quantitative estimate of drug-likeness (QED) is 0.801. The standard InChI is InChI=1S/C20H22O4/c1-14(16-9-5-3-6-10-16)19-18(23-15(2)21)13-22-20(24-19)17-11-7-4-8-12-17/h3-12,14,18-20H,13H2,1-2H3. The van der Waals surface area contributed by atoms with Crippen molar-refractivity contribution in [1.29, 1.82) is 0 Å². The number of carbonyl (C=O) groups is 1. The van der Waals surface area contributed by atoms with E-state index in [1.165, 1.54) is 6.92 Å². The molecule has 0 amide bonds. The van der Waals surface area contributed by atoms with Crippen LogP contribution < -0.4 is 0 Å². The maximum absolute atomic E-state index is 11.4. The molecule has 0 spiro atoms. The molecule has 4 atom stereocenters. The summed E-state index contributed by atoms with van der Waals surface area (Å²) in [6, 6.07) is 19.9. The zero-order chi connectivity index (χ0) is 16.9. The third kappa shape index (κ3) is 3.83. The Morgan fingerprint density at radius 2 is 1.71 bits per heavy atom. The summed E-state index contributed by atoms with van der Waals surface area (Å²) in [5, 5.41) is 0. The molecule has 2 aromatic rings. The van der Waals surface area contributed by atoms with Gasteiger partial charge in [-0.1, -0.05) is 67.6 Å². The summed E-state index contributed by atoms with van der Waals surface area (Å²) < 4.78 is 17.4. The molecule has 2 aromatic carbocycles. The summed E-state index contributed by atoms with van der Waals surface area (Å²) >= 11 is 0. The molecule has 3 rings (SSSR count). The molecule has 1 aliphatic rings. The van der Waals surface area contributed by atoms with Crippen molar-refractivity contribution in [2.75, 3.05) is 6.61 Å². The number of hydrogen-bond acceptors (Lipinski definition) is 4. The summed E-state index contributed by atoms with van der Waals surface area (Å²) in [7, 11) is 0. The molecule has 1 aliphatic heterocycles. The van der Waals surface area contributed by atoms with E-state index in [0.717, 1.165) is 11.1 Å². The molecule has 0 aliphatic carbocycles. The third-order valence-electron chi connectivity index (χ3n) is 4.27. The van der Waals surface area contributed by atoms with E-state index in [1.54, 1.807) is 0 Å². The number of esters is 1. The van der Waals surface area contributed by atoms with Gasteiger partial charge in [0.2, 0.25) is 0 Å². The molecule has 1 heterocycles. The van der Waals surface area contributed by atoms with Crippen molar-refractivity contribution in [2.24, 2.45) is 0 Å². The van der Waals surface area contributed by atoms with Crippen LogP contribution in [0.25, 0.3) is 0 Å². The van der Waals surface area contributed by atoms with E-state index >= 15 is 0 Å². The van der Waals surface area contributed by atoms with E-state index in [-0.39, 0.29) is 18.0 Å². The third-order valence-corrected chi connectivity index (χ3v) is 4.27. The highest BCUT2D eigenvalue weighted by molar-refractivity contribution is 5.66. The normalized spacial score (nSPS) is 25.0. The predicted octanol–water partition coefficient (Wildman–Crippen LogP) is 3.84. The first-order valence-corrected chi connectivity index (χ1v) is 8.19. The maximum atomic E-state index is 11.4. The lowest BCUT2D eigenvalue weighted by Gasteiger charge is -2.39. The second kappa shape index (κ2) is 7.60. The molecule has 0 bridgehead atoms. The number of carbonyl (C=O) groups excluding carboxylic acids is 1. The van der Waals surface area contributed by atoms with Gasteiger partial charge in [0, 0.05) is 18.4 Å². The van der Waals surface area contributed by atoms with Gasteiger partial charge >= 0.3 is 5.97 Å². The summed E-state index contributed by atoms with van der Waals surface area (Å²) in [5.74, 6) is -0.249. The topological polar surface area (TPSA) is 44.8 Å². The molecule has 0 aromatic heterocycles. The van der Waals surface area contributed by atoms with E-state index in [9.17, 15) is 4.79 Å². The van der Waals surface area contributed by atoms with Crippen LogP contribution in [0.3, 0.4) is 0 Å². The minimum Gasteiger partial charge on any atom is -0.457 e. The monoisotopic (exact) mass is 326 g/mol. The highest BCUT2D eigenvalue weighted by Crippen LogP contribution is 2.34. The average molecular weight is 326 g/mol. The summed E-state index contributed by atoms with van der Waals surface area (Å²) in [6.07, 6.45) is -1.14. The van der Waals surface area contributed by atoms with Crippen molar-refractivity contribution in [2.45, 2.75) is 38.3 Å². The predicted molar refractivity (Wildman–Crippen MR) is 90.4 cm³/mol. The van der Waals surface area contributed by atoms with E-state index in [1.807, 2.05) is 48.5 Å². The molecule has 1 fully saturated rings. The van der Waals surface area contributed by atoms with Gasteiger partial charge in [0.05, 0.1) is 6.61 Å². The van der Waals surface area contributed by atoms with Crippen LogP contribution in [-0.4, -0.2) is 24.8 Å². The molecule has 24 heavy (non-hydrogen) atoms. The van der Waals surface area contributed by atoms with Crippen molar-refractivity contribution < 1.29 is 19.0 Å². The zero-order valence-electron chi connectivity index (χ0n) is 13.9. The maximum Gasteiger partial charge on any atom is 0.303 e. The fourth-order valence-corrected chi connectivity index (χ4v) is 3.03. The van der Waals surface area contributed by atoms with Crippen LogP contribution >= 0.6 is 0 Å². The molecular weight excluding hydrogens is 304 g/mol. The lowest BCUT2D eigenvalue weighted by molar-refractivity contribution is -0.265. The Bertz CT molecular complexity index is 656. The fraction of sp³-hybridized carbons (Fsp3) is 0.350. The first-order valence-electron chi connectivity index (χ1n) is 8.19. The number of rotatable bonds is 4. The van der Waals surface area contributed by atoms with Crippen LogP contribution in [-0.2, 0) is 19.0 Å². The highest BCUT2D eigenvalue weighted by Gasteiger charge is 2.38. The number of ether oxygens (including phenoxy) is 3. The van der Waals surface area contributed by atoms with Crippen LogP contribution in [0.1, 0.15) is 37.2 Å². The van der Waals surface area contributed by atoms with Crippen molar-refractivity contribution in [3.05, 3.63) is 71.8 Å². The molecule has 0 radical (unpaired) electrons. The molecule has 4 unspecified atom stereocenters. The number of hydrogen-bond donors (Lipinski definition) is 0. The van der Waals surface area contributed by atoms with Crippen molar-refractivity contribution in [3.63, 3.8) is 0 Å². The number of benzene rings is 2. The Balaban J connectivity index is 1.83. The van der Waals surface area contributed by atoms with Gasteiger partial charge in [-0.25, -0.2) is 0 Å². The van der Waals surface area contributed by atoms with E-state index in [2.05, 4.69) is 19.1 Å². The minimum absolute atomic E-state index is 0.0747. The van der Waals surface area contributed by atoms with Gasteiger partial charge in [-0.2, -0.15) is 0 Å². The lowest BCUT2D eigenvalue weighted by Crippen LogP contribution is -2.45. The molecule has 4 heteroatoms. The lowest BCUT2D eigenvalue weighted by atomic mass is 9.91. The largest absolute Gasteiger partial charge is 0.457 e. The van der Waals surface area contributed by atoms with Crippen molar-refractivity contribution in [3.8, 4) is 0 Å². The van der Waals surface area contributed by atoms with Gasteiger partial charge in [0.1, 0.15) is 6.10 Å².